The Kier molecular flexibility index (Phi) is 4.67. The third kappa shape index (κ3) is 2.82. The molecule has 0 aliphatic heterocycles. The summed E-state index contributed by atoms with van der Waals surface area (Å²) in [6, 6.07) is 3.48. The van der Waals surface area contributed by atoms with Gasteiger partial charge in [-0.05, 0) is 28.1 Å². The second-order valence-corrected chi connectivity index (χ2v) is 5.93. The van der Waals surface area contributed by atoms with Gasteiger partial charge in [0, 0.05) is 28.0 Å². The van der Waals surface area contributed by atoms with E-state index in [1.165, 1.54) is 19.5 Å². The molecule has 2 rings (SSSR count). The number of rotatable bonds is 3. The van der Waals surface area contributed by atoms with Gasteiger partial charge in [-0.1, -0.05) is 27.5 Å². The number of ether oxygens (including phenoxy) is 1. The summed E-state index contributed by atoms with van der Waals surface area (Å²) in [4.78, 5) is 15.1. The summed E-state index contributed by atoms with van der Waals surface area (Å²) in [5.41, 5.74) is 1.05. The molecule has 2 aromatic rings. The summed E-state index contributed by atoms with van der Waals surface area (Å²) >= 11 is 12.9. The molecular formula is C13H8Br2ClNO3. The molecule has 0 atom stereocenters. The van der Waals surface area contributed by atoms with Crippen molar-refractivity contribution < 1.29 is 14.6 Å². The number of methoxy groups -OCH3 is 1. The number of carboxylic acids is 1. The Morgan fingerprint density at radius 1 is 1.30 bits per heavy atom. The van der Waals surface area contributed by atoms with Gasteiger partial charge >= 0.3 is 5.97 Å². The molecule has 0 aliphatic carbocycles. The highest BCUT2D eigenvalue weighted by molar-refractivity contribution is 9.11. The van der Waals surface area contributed by atoms with Crippen LogP contribution in [0.2, 0.25) is 5.02 Å². The van der Waals surface area contributed by atoms with E-state index in [0.29, 0.717) is 21.3 Å². The summed E-state index contributed by atoms with van der Waals surface area (Å²) in [6.07, 6.45) is 2.68. The fourth-order valence-electron chi connectivity index (χ4n) is 1.75. The zero-order valence-corrected chi connectivity index (χ0v) is 14.1. The number of nitrogens with zero attached hydrogens (tertiary/aromatic N) is 1. The van der Waals surface area contributed by atoms with E-state index in [4.69, 9.17) is 16.3 Å². The van der Waals surface area contributed by atoms with Crippen molar-refractivity contribution >= 4 is 49.4 Å². The highest BCUT2D eigenvalue weighted by Gasteiger charge is 2.19. The molecule has 7 heteroatoms. The molecule has 0 saturated heterocycles. The van der Waals surface area contributed by atoms with E-state index in [0.717, 1.165) is 4.47 Å². The van der Waals surface area contributed by atoms with Crippen molar-refractivity contribution in [1.29, 1.82) is 0 Å². The second kappa shape index (κ2) is 6.11. The average Bonchev–Trinajstić information content (AvgIpc) is 2.39. The third-order valence-corrected chi connectivity index (χ3v) is 4.20. The third-order valence-electron chi connectivity index (χ3n) is 2.64. The quantitative estimate of drug-likeness (QED) is 0.785. The molecule has 0 amide bonds. The van der Waals surface area contributed by atoms with Crippen LogP contribution in [0.25, 0.3) is 11.1 Å². The molecule has 4 nitrogen and oxygen atoms in total. The molecule has 0 unspecified atom stereocenters. The van der Waals surface area contributed by atoms with Gasteiger partial charge in [-0.25, -0.2) is 4.79 Å². The van der Waals surface area contributed by atoms with Gasteiger partial charge in [0.25, 0.3) is 0 Å². The minimum atomic E-state index is -1.09. The number of hydrogen-bond donors (Lipinski definition) is 1. The van der Waals surface area contributed by atoms with E-state index >= 15 is 0 Å². The number of aromatic nitrogens is 1. The maximum Gasteiger partial charge on any atom is 0.337 e. The maximum absolute atomic E-state index is 11.3. The van der Waals surface area contributed by atoms with Gasteiger partial charge in [0.2, 0.25) is 0 Å². The van der Waals surface area contributed by atoms with Gasteiger partial charge in [0.1, 0.15) is 5.75 Å². The highest BCUT2D eigenvalue weighted by atomic mass is 79.9. The van der Waals surface area contributed by atoms with Crippen LogP contribution < -0.4 is 4.74 Å². The van der Waals surface area contributed by atoms with Crippen LogP contribution in [0.15, 0.2) is 33.5 Å². The molecule has 1 aromatic carbocycles. The van der Waals surface area contributed by atoms with Crippen LogP contribution in [0.1, 0.15) is 10.4 Å². The number of hydrogen-bond acceptors (Lipinski definition) is 3. The van der Waals surface area contributed by atoms with Gasteiger partial charge in [-0.3, -0.25) is 4.98 Å². The lowest BCUT2D eigenvalue weighted by Crippen LogP contribution is -2.02. The second-order valence-electron chi connectivity index (χ2n) is 3.82. The molecule has 104 valence electrons. The van der Waals surface area contributed by atoms with Gasteiger partial charge < -0.3 is 9.84 Å². The van der Waals surface area contributed by atoms with Crippen molar-refractivity contribution in [2.24, 2.45) is 0 Å². The summed E-state index contributed by atoms with van der Waals surface area (Å²) < 4.78 is 6.67. The Balaban J connectivity index is 2.78. The van der Waals surface area contributed by atoms with Crippen LogP contribution in [0.4, 0.5) is 0 Å². The van der Waals surface area contributed by atoms with Crippen LogP contribution in [-0.2, 0) is 0 Å². The minimum absolute atomic E-state index is 0.0302. The molecule has 1 N–H and O–H groups in total. The zero-order valence-electron chi connectivity index (χ0n) is 10.2. The minimum Gasteiger partial charge on any atom is -0.496 e. The summed E-state index contributed by atoms with van der Waals surface area (Å²) in [5.74, 6) is -0.517. The summed E-state index contributed by atoms with van der Waals surface area (Å²) in [7, 11) is 1.53. The first-order valence-electron chi connectivity index (χ1n) is 5.36. The van der Waals surface area contributed by atoms with Crippen molar-refractivity contribution in [2.45, 2.75) is 0 Å². The van der Waals surface area contributed by atoms with E-state index < -0.39 is 5.97 Å². The van der Waals surface area contributed by atoms with Crippen molar-refractivity contribution in [3.05, 3.63) is 44.1 Å². The van der Waals surface area contributed by atoms with Crippen molar-refractivity contribution in [3.63, 3.8) is 0 Å². The lowest BCUT2D eigenvalue weighted by molar-refractivity contribution is 0.0697. The lowest BCUT2D eigenvalue weighted by atomic mass is 10.0. The van der Waals surface area contributed by atoms with Crippen LogP contribution in [-0.4, -0.2) is 23.2 Å². The summed E-state index contributed by atoms with van der Waals surface area (Å²) in [5, 5.41) is 9.53. The molecule has 1 aromatic heterocycles. The molecule has 0 saturated carbocycles. The Morgan fingerprint density at radius 2 is 2.00 bits per heavy atom. The van der Waals surface area contributed by atoms with Gasteiger partial charge in [0.15, 0.2) is 0 Å². The first-order chi connectivity index (χ1) is 9.45. The molecule has 0 fully saturated rings. The van der Waals surface area contributed by atoms with Crippen molar-refractivity contribution in [1.82, 2.24) is 4.98 Å². The monoisotopic (exact) mass is 419 g/mol. The number of carbonyl (C=O) groups is 1. The van der Waals surface area contributed by atoms with Crippen molar-refractivity contribution in [3.8, 4) is 16.9 Å². The van der Waals surface area contributed by atoms with Gasteiger partial charge in [-0.2, -0.15) is 0 Å². The first kappa shape index (κ1) is 15.3. The molecular weight excluding hydrogens is 413 g/mol. The SMILES string of the molecule is COc1cc(-c2c(Cl)cncc2C(=O)O)c(Br)cc1Br. The molecule has 0 aliphatic rings. The number of benzene rings is 1. The van der Waals surface area contributed by atoms with Crippen LogP contribution in [0.5, 0.6) is 5.75 Å². The number of carboxylic acid groups (broad SMARTS) is 1. The van der Waals surface area contributed by atoms with Crippen LogP contribution in [0.3, 0.4) is 0 Å². The van der Waals surface area contributed by atoms with Gasteiger partial charge in [0.05, 0.1) is 22.2 Å². The van der Waals surface area contributed by atoms with E-state index in [9.17, 15) is 9.90 Å². The van der Waals surface area contributed by atoms with Crippen LogP contribution in [0, 0.1) is 0 Å². The predicted octanol–water partition coefficient (Wildman–Crippen LogP) is 4.63. The van der Waals surface area contributed by atoms with E-state index in [-0.39, 0.29) is 10.6 Å². The molecule has 0 radical (unpaired) electrons. The largest absolute Gasteiger partial charge is 0.496 e. The molecule has 0 bridgehead atoms. The standard InChI is InChI=1S/C13H8Br2ClNO3/c1-20-11-2-6(8(14)3-9(11)15)12-7(13(18)19)4-17-5-10(12)16/h2-5H,1H3,(H,18,19). The predicted molar refractivity (Wildman–Crippen MR) is 83.6 cm³/mol. The number of halogens is 3. The van der Waals surface area contributed by atoms with E-state index in [1.807, 2.05) is 0 Å². The topological polar surface area (TPSA) is 59.4 Å². The lowest BCUT2D eigenvalue weighted by Gasteiger charge is -2.13. The van der Waals surface area contributed by atoms with E-state index in [2.05, 4.69) is 36.8 Å². The maximum atomic E-state index is 11.3. The molecule has 1 heterocycles. The fourth-order valence-corrected chi connectivity index (χ4v) is 3.36. The summed E-state index contributed by atoms with van der Waals surface area (Å²) in [6.45, 7) is 0. The fraction of sp³-hybridized carbons (Fsp3) is 0.0769. The smallest absolute Gasteiger partial charge is 0.337 e. The Morgan fingerprint density at radius 3 is 2.60 bits per heavy atom. The molecule has 0 spiro atoms. The average molecular weight is 421 g/mol. The number of pyridine rings is 1. The Hall–Kier alpha value is -1.11. The number of aromatic carboxylic acids is 1. The van der Waals surface area contributed by atoms with Gasteiger partial charge in [-0.15, -0.1) is 0 Å². The van der Waals surface area contributed by atoms with E-state index in [1.54, 1.807) is 12.1 Å². The van der Waals surface area contributed by atoms with Crippen LogP contribution >= 0.6 is 43.5 Å². The normalized spacial score (nSPS) is 10.4. The zero-order chi connectivity index (χ0) is 14.9. The Labute approximate surface area is 137 Å². The van der Waals surface area contributed by atoms with Crippen molar-refractivity contribution in [2.75, 3.05) is 7.11 Å². The highest BCUT2D eigenvalue weighted by Crippen LogP contribution is 2.40. The molecule has 20 heavy (non-hydrogen) atoms. The Bertz CT molecular complexity index is 692. The first-order valence-corrected chi connectivity index (χ1v) is 7.32.